The number of piperazine rings is 1. The van der Waals surface area contributed by atoms with E-state index >= 15 is 0 Å². The Kier molecular flexibility index (Phi) is 5.30. The van der Waals surface area contributed by atoms with Gasteiger partial charge in [-0.2, -0.15) is 0 Å². The zero-order valence-electron chi connectivity index (χ0n) is 15.6. The molecule has 1 aromatic carbocycles. The fraction of sp³-hybridized carbons (Fsp3) is 0.286. The van der Waals surface area contributed by atoms with Crippen LogP contribution in [0.5, 0.6) is 0 Å². The van der Waals surface area contributed by atoms with Crippen molar-refractivity contribution < 1.29 is 9.53 Å². The van der Waals surface area contributed by atoms with Gasteiger partial charge in [0.15, 0.2) is 5.65 Å². The summed E-state index contributed by atoms with van der Waals surface area (Å²) in [6.07, 6.45) is -0.257. The topological polar surface area (TPSA) is 58.6 Å². The molecule has 4 rings (SSSR count). The third kappa shape index (κ3) is 3.73. The molecule has 1 aliphatic rings. The highest BCUT2D eigenvalue weighted by Crippen LogP contribution is 2.31. The smallest absolute Gasteiger partial charge is 0.409 e. The minimum absolute atomic E-state index is 0.257. The van der Waals surface area contributed by atoms with Crippen LogP contribution in [-0.2, 0) is 4.74 Å². The minimum atomic E-state index is -0.257. The summed E-state index contributed by atoms with van der Waals surface area (Å²) >= 11 is 6.12. The Balaban J connectivity index is 1.68. The van der Waals surface area contributed by atoms with E-state index in [-0.39, 0.29) is 6.09 Å². The van der Waals surface area contributed by atoms with Crippen LogP contribution in [0.1, 0.15) is 6.92 Å². The second-order valence-corrected chi connectivity index (χ2v) is 6.96. The van der Waals surface area contributed by atoms with Crippen LogP contribution in [-0.4, -0.2) is 53.7 Å². The molecule has 0 saturated carbocycles. The van der Waals surface area contributed by atoms with Gasteiger partial charge in [-0.3, -0.25) is 0 Å². The Morgan fingerprint density at radius 1 is 1.07 bits per heavy atom. The van der Waals surface area contributed by atoms with Gasteiger partial charge >= 0.3 is 6.09 Å². The van der Waals surface area contributed by atoms with E-state index in [1.165, 1.54) is 0 Å². The summed E-state index contributed by atoms with van der Waals surface area (Å²) in [5.41, 5.74) is 2.79. The van der Waals surface area contributed by atoms with Crippen LogP contribution >= 0.6 is 11.6 Å². The number of hydrogen-bond acceptors (Lipinski definition) is 5. The molecule has 0 N–H and O–H groups in total. The molecule has 1 aliphatic heterocycles. The van der Waals surface area contributed by atoms with Gasteiger partial charge in [0.1, 0.15) is 11.0 Å². The third-order valence-electron chi connectivity index (χ3n) is 4.84. The maximum absolute atomic E-state index is 11.9. The van der Waals surface area contributed by atoms with E-state index in [0.29, 0.717) is 43.6 Å². The molecular formula is C21H21ClN4O2. The van der Waals surface area contributed by atoms with Crippen molar-refractivity contribution in [2.75, 3.05) is 37.7 Å². The molecule has 0 atom stereocenters. The molecule has 28 heavy (non-hydrogen) atoms. The number of pyridine rings is 2. The van der Waals surface area contributed by atoms with E-state index in [0.717, 1.165) is 22.3 Å². The van der Waals surface area contributed by atoms with Crippen molar-refractivity contribution in [3.05, 3.63) is 53.7 Å². The number of carbonyl (C=O) groups is 1. The third-order valence-corrected chi connectivity index (χ3v) is 5.05. The van der Waals surface area contributed by atoms with Crippen molar-refractivity contribution >= 4 is 34.5 Å². The molecule has 0 bridgehead atoms. The number of fused-ring (bicyclic) bond motifs is 1. The number of benzene rings is 1. The highest BCUT2D eigenvalue weighted by Gasteiger charge is 2.23. The first kappa shape index (κ1) is 18.5. The quantitative estimate of drug-likeness (QED) is 0.620. The van der Waals surface area contributed by atoms with Gasteiger partial charge in [-0.15, -0.1) is 0 Å². The zero-order valence-corrected chi connectivity index (χ0v) is 16.4. The van der Waals surface area contributed by atoms with Gasteiger partial charge in [-0.25, -0.2) is 14.8 Å². The van der Waals surface area contributed by atoms with Crippen LogP contribution in [0.15, 0.2) is 48.5 Å². The number of ether oxygens (including phenoxy) is 1. The van der Waals surface area contributed by atoms with Gasteiger partial charge in [0, 0.05) is 31.6 Å². The van der Waals surface area contributed by atoms with Crippen molar-refractivity contribution in [3.8, 4) is 11.1 Å². The number of anilines is 1. The molecule has 7 heteroatoms. The van der Waals surface area contributed by atoms with Gasteiger partial charge in [0.2, 0.25) is 0 Å². The maximum Gasteiger partial charge on any atom is 0.409 e. The lowest BCUT2D eigenvalue weighted by molar-refractivity contribution is 0.105. The largest absolute Gasteiger partial charge is 0.450 e. The number of carbonyl (C=O) groups excluding carboxylic acids is 1. The van der Waals surface area contributed by atoms with E-state index in [9.17, 15) is 4.79 Å². The molecule has 0 aliphatic carbocycles. The summed E-state index contributed by atoms with van der Waals surface area (Å²) in [6.45, 7) is 4.77. The lowest BCUT2D eigenvalue weighted by Gasteiger charge is -2.35. The fourth-order valence-corrected chi connectivity index (χ4v) is 3.56. The van der Waals surface area contributed by atoms with Crippen LogP contribution in [0.2, 0.25) is 5.15 Å². The molecule has 1 amide bonds. The molecular weight excluding hydrogens is 376 g/mol. The predicted molar refractivity (Wildman–Crippen MR) is 111 cm³/mol. The van der Waals surface area contributed by atoms with Crippen LogP contribution in [0.25, 0.3) is 22.2 Å². The van der Waals surface area contributed by atoms with Crippen molar-refractivity contribution in [3.63, 3.8) is 0 Å². The van der Waals surface area contributed by atoms with Gasteiger partial charge in [-0.05, 0) is 36.2 Å². The number of nitrogens with zero attached hydrogens (tertiary/aromatic N) is 4. The average molecular weight is 397 g/mol. The van der Waals surface area contributed by atoms with Crippen LogP contribution < -0.4 is 4.90 Å². The van der Waals surface area contributed by atoms with Gasteiger partial charge in [0.05, 0.1) is 6.61 Å². The van der Waals surface area contributed by atoms with Crippen molar-refractivity contribution in [2.24, 2.45) is 0 Å². The first-order chi connectivity index (χ1) is 13.7. The number of aromatic nitrogens is 2. The average Bonchev–Trinajstić information content (AvgIpc) is 2.73. The van der Waals surface area contributed by atoms with Gasteiger partial charge < -0.3 is 14.5 Å². The van der Waals surface area contributed by atoms with E-state index < -0.39 is 0 Å². The number of hydrogen-bond donors (Lipinski definition) is 0. The van der Waals surface area contributed by atoms with Crippen LogP contribution in [0.3, 0.4) is 0 Å². The van der Waals surface area contributed by atoms with Crippen molar-refractivity contribution in [1.82, 2.24) is 14.9 Å². The first-order valence-electron chi connectivity index (χ1n) is 9.35. The van der Waals surface area contributed by atoms with Gasteiger partial charge in [-0.1, -0.05) is 41.9 Å². The molecule has 1 fully saturated rings. The summed E-state index contributed by atoms with van der Waals surface area (Å²) in [5.74, 6) is 0.838. The molecule has 0 spiro atoms. The number of halogens is 1. The summed E-state index contributed by atoms with van der Waals surface area (Å²) in [6, 6.07) is 16.0. The normalized spacial score (nSPS) is 14.4. The fourth-order valence-electron chi connectivity index (χ4n) is 3.42. The molecule has 2 aromatic heterocycles. The lowest BCUT2D eigenvalue weighted by atomic mass is 10.0. The minimum Gasteiger partial charge on any atom is -0.450 e. The molecule has 144 valence electrons. The SMILES string of the molecule is CCOC(=O)N1CCN(c2cc(-c3ccccc3)c3ccc(Cl)nc3n2)CC1. The molecule has 0 radical (unpaired) electrons. The van der Waals surface area contributed by atoms with E-state index in [1.54, 1.807) is 11.0 Å². The van der Waals surface area contributed by atoms with Crippen molar-refractivity contribution in [2.45, 2.75) is 6.92 Å². The summed E-state index contributed by atoms with van der Waals surface area (Å²) in [4.78, 5) is 25.0. The number of amides is 1. The Labute approximate surface area is 168 Å². The Bertz CT molecular complexity index is 988. The Morgan fingerprint density at radius 3 is 2.54 bits per heavy atom. The van der Waals surface area contributed by atoms with E-state index in [1.807, 2.05) is 31.2 Å². The predicted octanol–water partition coefficient (Wildman–Crippen LogP) is 4.23. The van der Waals surface area contributed by atoms with E-state index in [2.05, 4.69) is 28.1 Å². The summed E-state index contributed by atoms with van der Waals surface area (Å²) < 4.78 is 5.10. The van der Waals surface area contributed by atoms with E-state index in [4.69, 9.17) is 21.3 Å². The molecule has 3 aromatic rings. The maximum atomic E-state index is 11.9. The summed E-state index contributed by atoms with van der Waals surface area (Å²) in [5, 5.41) is 1.38. The highest BCUT2D eigenvalue weighted by molar-refractivity contribution is 6.29. The molecule has 3 heterocycles. The van der Waals surface area contributed by atoms with Crippen molar-refractivity contribution in [1.29, 1.82) is 0 Å². The lowest BCUT2D eigenvalue weighted by Crippen LogP contribution is -2.49. The van der Waals surface area contributed by atoms with Crippen LogP contribution in [0.4, 0.5) is 10.6 Å². The summed E-state index contributed by atoms with van der Waals surface area (Å²) in [7, 11) is 0. The molecule has 0 unspecified atom stereocenters. The Morgan fingerprint density at radius 2 is 1.82 bits per heavy atom. The monoisotopic (exact) mass is 396 g/mol. The van der Waals surface area contributed by atoms with Crippen LogP contribution in [0, 0.1) is 0 Å². The zero-order chi connectivity index (χ0) is 19.5. The molecule has 1 saturated heterocycles. The molecule has 6 nitrogen and oxygen atoms in total. The number of rotatable bonds is 3. The van der Waals surface area contributed by atoms with Gasteiger partial charge in [0.25, 0.3) is 0 Å². The Hall–Kier alpha value is -2.86. The standard InChI is InChI=1S/C21H21ClN4O2/c1-2-28-21(27)26-12-10-25(11-13-26)19-14-17(15-6-4-3-5-7-15)16-8-9-18(22)23-20(16)24-19/h3-9,14H,2,10-13H2,1H3. The second-order valence-electron chi connectivity index (χ2n) is 6.57. The first-order valence-corrected chi connectivity index (χ1v) is 9.73. The highest BCUT2D eigenvalue weighted by atomic mass is 35.5. The second kappa shape index (κ2) is 8.02.